The van der Waals surface area contributed by atoms with Gasteiger partial charge in [-0.05, 0) is 80.9 Å². The van der Waals surface area contributed by atoms with E-state index in [9.17, 15) is 18.0 Å². The molecule has 8 nitrogen and oxygen atoms in total. The molecule has 2 heterocycles. The quantitative estimate of drug-likeness (QED) is 0.128. The minimum absolute atomic E-state index is 0.0528. The van der Waals surface area contributed by atoms with Crippen LogP contribution in [0.4, 0.5) is 5.69 Å². The van der Waals surface area contributed by atoms with Crippen molar-refractivity contribution in [3.63, 3.8) is 0 Å². The van der Waals surface area contributed by atoms with Crippen LogP contribution < -0.4 is 4.90 Å². The van der Waals surface area contributed by atoms with Crippen LogP contribution in [0.25, 0.3) is 6.08 Å². The maximum atomic E-state index is 13.8. The van der Waals surface area contributed by atoms with Gasteiger partial charge in [-0.3, -0.25) is 9.69 Å². The average molecular weight is 666 g/mol. The molecule has 4 aromatic rings. The van der Waals surface area contributed by atoms with Crippen molar-refractivity contribution in [2.45, 2.75) is 38.8 Å². The fraction of sp³-hybridized carbons (Fsp3) is 0.176. The second kappa shape index (κ2) is 13.5. The van der Waals surface area contributed by atoms with Crippen LogP contribution in [0, 0.1) is 6.92 Å². The highest BCUT2D eigenvalue weighted by Crippen LogP contribution is 2.36. The number of para-hydroxylation sites is 1. The molecule has 0 saturated heterocycles. The zero-order chi connectivity index (χ0) is 32.3. The van der Waals surface area contributed by atoms with Gasteiger partial charge in [0, 0.05) is 28.0 Å². The van der Waals surface area contributed by atoms with Crippen LogP contribution in [0.15, 0.2) is 111 Å². The number of aryl methyl sites for hydroxylation is 1. The molecule has 0 aliphatic carbocycles. The van der Waals surface area contributed by atoms with Crippen LogP contribution >= 0.6 is 23.2 Å². The largest absolute Gasteiger partial charge is 0.462 e. The van der Waals surface area contributed by atoms with E-state index in [4.69, 9.17) is 32.4 Å². The third kappa shape index (κ3) is 6.92. The number of hydrogen-bond donors (Lipinski definition) is 0. The van der Waals surface area contributed by atoms with Gasteiger partial charge in [-0.15, -0.1) is 0 Å². The summed E-state index contributed by atoms with van der Waals surface area (Å²) in [6, 6.07) is 23.7. The molecule has 5 rings (SSSR count). The predicted octanol–water partition coefficient (Wildman–Crippen LogP) is 7.55. The van der Waals surface area contributed by atoms with Gasteiger partial charge >= 0.3 is 5.97 Å². The van der Waals surface area contributed by atoms with Crippen molar-refractivity contribution in [1.82, 2.24) is 4.31 Å². The van der Waals surface area contributed by atoms with E-state index < -0.39 is 21.9 Å². The lowest BCUT2D eigenvalue weighted by atomic mass is 10.1. The van der Waals surface area contributed by atoms with Crippen LogP contribution in [0.3, 0.4) is 0 Å². The highest BCUT2D eigenvalue weighted by Gasteiger charge is 2.38. The Bertz CT molecular complexity index is 1920. The summed E-state index contributed by atoms with van der Waals surface area (Å²) in [6.07, 6.45) is 1.47. The summed E-state index contributed by atoms with van der Waals surface area (Å²) in [5, 5.41) is 0.756. The Balaban J connectivity index is 1.50. The van der Waals surface area contributed by atoms with Crippen molar-refractivity contribution in [1.29, 1.82) is 0 Å². The molecule has 1 amide bonds. The molecule has 1 aromatic heterocycles. The zero-order valence-electron chi connectivity index (χ0n) is 24.8. The highest BCUT2D eigenvalue weighted by atomic mass is 35.5. The summed E-state index contributed by atoms with van der Waals surface area (Å²) in [5.41, 5.74) is 2.74. The number of amides is 1. The molecule has 1 aliphatic rings. The molecule has 0 fully saturated rings. The Hall–Kier alpha value is -4.15. The number of hydrogen-bond acceptors (Lipinski definition) is 6. The fourth-order valence-corrected chi connectivity index (χ4v) is 6.82. The third-order valence-electron chi connectivity index (χ3n) is 7.22. The van der Waals surface area contributed by atoms with Gasteiger partial charge in [0.1, 0.15) is 11.5 Å². The number of halogens is 2. The number of ether oxygens (including phenoxy) is 1. The van der Waals surface area contributed by atoms with E-state index in [0.717, 1.165) is 5.56 Å². The number of carbonyl (C=O) groups excluding carboxylic acids is 2. The second-order valence-electron chi connectivity index (χ2n) is 10.3. The normalized spacial score (nSPS) is 14.6. The maximum Gasteiger partial charge on any atom is 0.340 e. The first-order valence-corrected chi connectivity index (χ1v) is 16.3. The summed E-state index contributed by atoms with van der Waals surface area (Å²) in [4.78, 5) is 28.2. The van der Waals surface area contributed by atoms with Crippen LogP contribution in [0.5, 0.6) is 0 Å². The first kappa shape index (κ1) is 32.2. The summed E-state index contributed by atoms with van der Waals surface area (Å²) in [6.45, 7) is 5.19. The number of sulfonamides is 1. The summed E-state index contributed by atoms with van der Waals surface area (Å²) < 4.78 is 40.3. The minimum atomic E-state index is -4.00. The first-order chi connectivity index (χ1) is 21.5. The lowest BCUT2D eigenvalue weighted by molar-refractivity contribution is -0.138. The molecule has 11 heteroatoms. The van der Waals surface area contributed by atoms with Gasteiger partial charge in [0.05, 0.1) is 29.2 Å². The van der Waals surface area contributed by atoms with Crippen molar-refractivity contribution in [2.24, 2.45) is 0 Å². The molecule has 1 aliphatic heterocycles. The molecule has 45 heavy (non-hydrogen) atoms. The summed E-state index contributed by atoms with van der Waals surface area (Å²) in [5.74, 6) is -0.475. The molecule has 0 saturated carbocycles. The van der Waals surface area contributed by atoms with Gasteiger partial charge in [0.25, 0.3) is 5.91 Å². The number of esters is 1. The van der Waals surface area contributed by atoms with Crippen LogP contribution in [0.1, 0.15) is 36.5 Å². The van der Waals surface area contributed by atoms with Crippen molar-refractivity contribution >= 4 is 56.9 Å². The Kier molecular flexibility index (Phi) is 9.65. The number of allylic oxidation sites excluding steroid dienone is 1. The molecule has 0 atom stereocenters. The Morgan fingerprint density at radius 2 is 1.67 bits per heavy atom. The van der Waals surface area contributed by atoms with E-state index in [2.05, 4.69) is 0 Å². The van der Waals surface area contributed by atoms with Crippen molar-refractivity contribution in [3.8, 4) is 0 Å². The summed E-state index contributed by atoms with van der Waals surface area (Å²) >= 11 is 12.5. The zero-order valence-corrected chi connectivity index (χ0v) is 27.1. The topological polar surface area (TPSA) is 97.1 Å². The van der Waals surface area contributed by atoms with Gasteiger partial charge < -0.3 is 9.15 Å². The van der Waals surface area contributed by atoms with E-state index in [1.807, 2.05) is 13.0 Å². The molecule has 3 aromatic carbocycles. The standard InChI is InChI=1S/C34H30Cl2N2O6S/c1-4-43-34(40)32-23(3)38(26-8-6-5-7-9-26)33(39)30(32)19-27-14-15-28(44-27)21-37(20-24-12-13-25(35)18-31(24)36)45(41,42)29-16-10-22(2)11-17-29/h5-19H,4,20-21H2,1-3H3/b30-19+. The predicted molar refractivity (Wildman–Crippen MR) is 174 cm³/mol. The van der Waals surface area contributed by atoms with Gasteiger partial charge in [-0.1, -0.05) is 65.2 Å². The monoisotopic (exact) mass is 664 g/mol. The number of furan rings is 1. The number of nitrogens with zero attached hydrogens (tertiary/aromatic N) is 2. The van der Waals surface area contributed by atoms with Gasteiger partial charge in [0.2, 0.25) is 10.0 Å². The average Bonchev–Trinajstić information content (AvgIpc) is 3.55. The Morgan fingerprint density at radius 1 is 0.956 bits per heavy atom. The Morgan fingerprint density at radius 3 is 2.33 bits per heavy atom. The third-order valence-corrected chi connectivity index (χ3v) is 9.61. The number of carbonyl (C=O) groups is 2. The lowest BCUT2D eigenvalue weighted by Gasteiger charge is -2.22. The van der Waals surface area contributed by atoms with Crippen LogP contribution in [-0.4, -0.2) is 31.2 Å². The molecular formula is C34H30Cl2N2O6S. The van der Waals surface area contributed by atoms with Crippen molar-refractivity contribution in [3.05, 3.63) is 134 Å². The molecule has 0 bridgehead atoms. The van der Waals surface area contributed by atoms with Crippen LogP contribution in [0.2, 0.25) is 10.0 Å². The van der Waals surface area contributed by atoms with Crippen LogP contribution in [-0.2, 0) is 37.4 Å². The van der Waals surface area contributed by atoms with Crippen molar-refractivity contribution in [2.75, 3.05) is 11.5 Å². The van der Waals surface area contributed by atoms with E-state index >= 15 is 0 Å². The van der Waals surface area contributed by atoms with E-state index in [1.54, 1.807) is 92.7 Å². The number of benzene rings is 3. The van der Waals surface area contributed by atoms with E-state index in [-0.39, 0.29) is 41.5 Å². The smallest absolute Gasteiger partial charge is 0.340 e. The SMILES string of the molecule is CCOC(=O)C1=C(C)N(c2ccccc2)C(=O)/C1=C/c1ccc(CN(Cc2ccc(Cl)cc2Cl)S(=O)(=O)c2ccc(C)cc2)o1. The molecule has 0 radical (unpaired) electrons. The number of rotatable bonds is 10. The highest BCUT2D eigenvalue weighted by molar-refractivity contribution is 7.89. The summed E-state index contributed by atoms with van der Waals surface area (Å²) in [7, 11) is -4.00. The maximum absolute atomic E-state index is 13.8. The molecule has 0 unspecified atom stereocenters. The van der Waals surface area contributed by atoms with E-state index in [1.165, 1.54) is 15.3 Å². The number of anilines is 1. The second-order valence-corrected chi connectivity index (χ2v) is 13.1. The molecular weight excluding hydrogens is 635 g/mol. The van der Waals surface area contributed by atoms with Gasteiger partial charge in [-0.25, -0.2) is 13.2 Å². The fourth-order valence-electron chi connectivity index (χ4n) is 4.97. The molecule has 0 N–H and O–H groups in total. The Labute approximate surface area is 272 Å². The van der Waals surface area contributed by atoms with Gasteiger partial charge in [0.15, 0.2) is 0 Å². The lowest BCUT2D eigenvalue weighted by Crippen LogP contribution is -2.30. The van der Waals surface area contributed by atoms with E-state index in [0.29, 0.717) is 32.8 Å². The molecule has 232 valence electrons. The minimum Gasteiger partial charge on any atom is -0.462 e. The van der Waals surface area contributed by atoms with Crippen molar-refractivity contribution < 1.29 is 27.2 Å². The first-order valence-electron chi connectivity index (χ1n) is 14.1. The van der Waals surface area contributed by atoms with Gasteiger partial charge in [-0.2, -0.15) is 4.31 Å². The molecule has 0 spiro atoms.